The minimum absolute atomic E-state index is 0.0802. The number of hydrogen-bond donors (Lipinski definition) is 3. The van der Waals surface area contributed by atoms with Gasteiger partial charge in [0, 0.05) is 52.6 Å². The molecule has 8 nitrogen and oxygen atoms in total. The van der Waals surface area contributed by atoms with Crippen LogP contribution in [0.25, 0.3) is 33.2 Å². The van der Waals surface area contributed by atoms with Crippen molar-refractivity contribution in [3.8, 4) is 11.4 Å². The van der Waals surface area contributed by atoms with Crippen LogP contribution < -0.4 is 5.32 Å². The van der Waals surface area contributed by atoms with E-state index >= 15 is 0 Å². The molecule has 0 aliphatic carbocycles. The van der Waals surface area contributed by atoms with Crippen molar-refractivity contribution in [1.29, 1.82) is 0 Å². The topological polar surface area (TPSA) is 112 Å². The quantitative estimate of drug-likeness (QED) is 0.274. The highest BCUT2D eigenvalue weighted by molar-refractivity contribution is 6.00. The van der Waals surface area contributed by atoms with E-state index in [1.54, 1.807) is 24.8 Å². The van der Waals surface area contributed by atoms with Gasteiger partial charge in [0.1, 0.15) is 5.82 Å². The molecule has 2 aromatic carbocycles. The molecule has 0 bridgehead atoms. The van der Waals surface area contributed by atoms with Crippen LogP contribution in [0.1, 0.15) is 22.5 Å². The number of carbonyl (C=O) groups is 1. The van der Waals surface area contributed by atoms with Crippen LogP contribution in [-0.2, 0) is 6.42 Å². The molecule has 6 rings (SSSR count). The van der Waals surface area contributed by atoms with Crippen LogP contribution in [0.4, 0.5) is 11.5 Å². The molecule has 6 aromatic rings. The number of fused-ring (bicyclic) bond motifs is 2. The Morgan fingerprint density at radius 1 is 0.886 bits per heavy atom. The molecule has 0 saturated carbocycles. The third-order valence-corrected chi connectivity index (χ3v) is 5.94. The summed E-state index contributed by atoms with van der Waals surface area (Å²) in [6, 6.07) is 19.5. The van der Waals surface area contributed by atoms with Gasteiger partial charge in [-0.25, -0.2) is 9.97 Å². The number of H-pyrrole nitrogens is 2. The molecular formula is C27H21N7O. The van der Waals surface area contributed by atoms with E-state index in [0.29, 0.717) is 30.2 Å². The van der Waals surface area contributed by atoms with Crippen LogP contribution >= 0.6 is 0 Å². The van der Waals surface area contributed by atoms with E-state index in [1.807, 2.05) is 60.7 Å². The number of nitrogens with zero attached hydrogens (tertiary/aromatic N) is 4. The number of rotatable bonds is 7. The van der Waals surface area contributed by atoms with Crippen molar-refractivity contribution in [2.75, 3.05) is 5.32 Å². The van der Waals surface area contributed by atoms with E-state index in [0.717, 1.165) is 38.6 Å². The number of aromatic nitrogens is 6. The van der Waals surface area contributed by atoms with Crippen molar-refractivity contribution < 1.29 is 4.79 Å². The first kappa shape index (κ1) is 20.7. The van der Waals surface area contributed by atoms with Crippen LogP contribution in [-0.4, -0.2) is 35.9 Å². The number of carbonyl (C=O) groups excluding carboxylic acids is 1. The molecule has 0 fully saturated rings. The Kier molecular flexibility index (Phi) is 5.23. The van der Waals surface area contributed by atoms with Crippen LogP contribution in [0, 0.1) is 0 Å². The smallest absolute Gasteiger partial charge is 0.179 e. The molecule has 0 aliphatic heterocycles. The lowest BCUT2D eigenvalue weighted by molar-refractivity contribution is 0.0979. The fourth-order valence-corrected chi connectivity index (χ4v) is 4.09. The summed E-state index contributed by atoms with van der Waals surface area (Å²) in [5.41, 5.74) is 5.34. The normalized spacial score (nSPS) is 11.2. The molecule has 8 heteroatoms. The summed E-state index contributed by atoms with van der Waals surface area (Å²) in [6.45, 7) is 0. The number of Topliss-reactive ketones (excluding diaryl/α,β-unsaturated/α-hetero) is 1. The van der Waals surface area contributed by atoms with Gasteiger partial charge in [-0.1, -0.05) is 12.1 Å². The summed E-state index contributed by atoms with van der Waals surface area (Å²) in [5, 5.41) is 12.3. The molecular weight excluding hydrogens is 438 g/mol. The number of aromatic amines is 2. The van der Waals surface area contributed by atoms with E-state index in [9.17, 15) is 4.79 Å². The van der Waals surface area contributed by atoms with Crippen molar-refractivity contribution >= 4 is 39.1 Å². The monoisotopic (exact) mass is 459 g/mol. The highest BCUT2D eigenvalue weighted by Gasteiger charge is 2.12. The predicted molar refractivity (Wildman–Crippen MR) is 136 cm³/mol. The van der Waals surface area contributed by atoms with E-state index in [2.05, 4.69) is 35.5 Å². The minimum atomic E-state index is 0.0802. The number of hydrogen-bond acceptors (Lipinski definition) is 6. The lowest BCUT2D eigenvalue weighted by atomic mass is 10.1. The summed E-state index contributed by atoms with van der Waals surface area (Å²) in [4.78, 5) is 29.2. The lowest BCUT2D eigenvalue weighted by Crippen LogP contribution is -2.01. The van der Waals surface area contributed by atoms with Crippen LogP contribution in [0.5, 0.6) is 0 Å². The van der Waals surface area contributed by atoms with Gasteiger partial charge in [-0.2, -0.15) is 5.10 Å². The number of nitrogens with one attached hydrogen (secondary N) is 3. The molecule has 0 unspecified atom stereocenters. The number of ketones is 1. The van der Waals surface area contributed by atoms with Crippen molar-refractivity contribution in [3.05, 3.63) is 96.7 Å². The second-order valence-electron chi connectivity index (χ2n) is 8.33. The van der Waals surface area contributed by atoms with Gasteiger partial charge in [-0.3, -0.25) is 14.9 Å². The molecule has 0 atom stereocenters. The Morgan fingerprint density at radius 2 is 1.80 bits per heavy atom. The van der Waals surface area contributed by atoms with Gasteiger partial charge in [0.15, 0.2) is 11.6 Å². The Morgan fingerprint density at radius 3 is 2.71 bits per heavy atom. The fraction of sp³-hybridized carbons (Fsp3) is 0.0741. The minimum Gasteiger partial charge on any atom is -0.352 e. The van der Waals surface area contributed by atoms with Gasteiger partial charge >= 0.3 is 0 Å². The number of anilines is 2. The number of pyridine rings is 1. The highest BCUT2D eigenvalue weighted by atomic mass is 16.1. The molecule has 0 spiro atoms. The van der Waals surface area contributed by atoms with Crippen molar-refractivity contribution in [2.24, 2.45) is 0 Å². The largest absolute Gasteiger partial charge is 0.352 e. The van der Waals surface area contributed by atoms with Crippen LogP contribution in [0.2, 0.25) is 0 Å². The maximum absolute atomic E-state index is 12.7. The zero-order chi connectivity index (χ0) is 23.6. The average molecular weight is 460 g/mol. The van der Waals surface area contributed by atoms with Gasteiger partial charge in [-0.05, 0) is 60.5 Å². The molecule has 4 heterocycles. The maximum atomic E-state index is 12.7. The highest BCUT2D eigenvalue weighted by Crippen LogP contribution is 2.25. The van der Waals surface area contributed by atoms with Crippen molar-refractivity contribution in [3.63, 3.8) is 0 Å². The fourth-order valence-electron chi connectivity index (χ4n) is 4.09. The van der Waals surface area contributed by atoms with E-state index in [-0.39, 0.29) is 5.78 Å². The second kappa shape index (κ2) is 8.83. The van der Waals surface area contributed by atoms with Gasteiger partial charge in [0.25, 0.3) is 0 Å². The molecule has 35 heavy (non-hydrogen) atoms. The first-order chi connectivity index (χ1) is 17.2. The molecule has 170 valence electrons. The van der Waals surface area contributed by atoms with Gasteiger partial charge in [0.2, 0.25) is 0 Å². The SMILES string of the molecule is O=C(CCc1ccncc1)c1cc2ccc(-c3nccc(Nc4ccc5[nH]ncc5c4)n3)cc2[nH]1. The molecule has 0 amide bonds. The third-order valence-electron chi connectivity index (χ3n) is 5.94. The Balaban J connectivity index is 1.21. The summed E-state index contributed by atoms with van der Waals surface area (Å²) in [7, 11) is 0. The number of aryl methyl sites for hydroxylation is 1. The summed E-state index contributed by atoms with van der Waals surface area (Å²) in [5.74, 6) is 1.37. The Labute approximate surface area is 200 Å². The summed E-state index contributed by atoms with van der Waals surface area (Å²) in [6.07, 6.45) is 8.13. The van der Waals surface area contributed by atoms with E-state index in [1.165, 1.54) is 0 Å². The third kappa shape index (κ3) is 4.37. The summed E-state index contributed by atoms with van der Waals surface area (Å²) < 4.78 is 0. The first-order valence-corrected chi connectivity index (χ1v) is 11.3. The van der Waals surface area contributed by atoms with Crippen molar-refractivity contribution in [1.82, 2.24) is 30.1 Å². The Hall–Kier alpha value is -4.85. The molecule has 0 aliphatic rings. The summed E-state index contributed by atoms with van der Waals surface area (Å²) >= 11 is 0. The molecule has 0 saturated heterocycles. The molecule has 4 aromatic heterocycles. The van der Waals surface area contributed by atoms with E-state index < -0.39 is 0 Å². The van der Waals surface area contributed by atoms with Crippen molar-refractivity contribution in [2.45, 2.75) is 12.8 Å². The van der Waals surface area contributed by atoms with Gasteiger partial charge in [0.05, 0.1) is 17.4 Å². The van der Waals surface area contributed by atoms with Gasteiger partial charge in [-0.15, -0.1) is 0 Å². The van der Waals surface area contributed by atoms with Gasteiger partial charge < -0.3 is 10.3 Å². The zero-order valence-electron chi connectivity index (χ0n) is 18.7. The number of benzene rings is 2. The molecule has 0 radical (unpaired) electrons. The maximum Gasteiger partial charge on any atom is 0.179 e. The second-order valence-corrected chi connectivity index (χ2v) is 8.33. The van der Waals surface area contributed by atoms with Crippen LogP contribution in [0.15, 0.2) is 85.5 Å². The molecule has 3 N–H and O–H groups in total. The van der Waals surface area contributed by atoms with E-state index in [4.69, 9.17) is 0 Å². The standard InChI is InChI=1S/C27H21N7O/c35-25(6-1-17-7-10-28-11-8-17)24-14-18-2-3-19(15-23(18)32-24)27-29-12-9-26(33-27)31-21-4-5-22-20(13-21)16-30-34-22/h2-5,7-16,32H,1,6H2,(H,30,34)(H,29,31,33). The zero-order valence-corrected chi connectivity index (χ0v) is 18.7. The average Bonchev–Trinajstić information content (AvgIpc) is 3.54. The van der Waals surface area contributed by atoms with Crippen LogP contribution in [0.3, 0.4) is 0 Å². The lowest BCUT2D eigenvalue weighted by Gasteiger charge is -2.07. The Bertz CT molecular complexity index is 1650. The first-order valence-electron chi connectivity index (χ1n) is 11.3. The predicted octanol–water partition coefficient (Wildman–Crippen LogP) is 5.46.